The van der Waals surface area contributed by atoms with Crippen molar-refractivity contribution < 1.29 is 23.8 Å². The van der Waals surface area contributed by atoms with Crippen LogP contribution >= 0.6 is 0 Å². The first-order valence-corrected chi connectivity index (χ1v) is 11.2. The van der Waals surface area contributed by atoms with Gasteiger partial charge in [-0.05, 0) is 55.0 Å². The number of nitrogens with one attached hydrogen (secondary N) is 1. The maximum atomic E-state index is 12.8. The van der Waals surface area contributed by atoms with Gasteiger partial charge in [0.1, 0.15) is 23.9 Å². The van der Waals surface area contributed by atoms with E-state index in [0.717, 1.165) is 22.6 Å². The van der Waals surface area contributed by atoms with Crippen molar-refractivity contribution in [1.82, 2.24) is 4.90 Å². The Kier molecular flexibility index (Phi) is 7.32. The van der Waals surface area contributed by atoms with Crippen molar-refractivity contribution in [3.8, 4) is 17.2 Å². The average molecular weight is 461 g/mol. The predicted octanol–water partition coefficient (Wildman–Crippen LogP) is 4.06. The summed E-state index contributed by atoms with van der Waals surface area (Å²) < 4.78 is 16.8. The zero-order chi connectivity index (χ0) is 23.9. The number of methoxy groups -OCH3 is 1. The van der Waals surface area contributed by atoms with Crippen LogP contribution < -0.4 is 19.5 Å². The highest BCUT2D eigenvalue weighted by atomic mass is 16.5. The molecule has 1 heterocycles. The number of para-hydroxylation sites is 1. The van der Waals surface area contributed by atoms with Gasteiger partial charge in [-0.1, -0.05) is 30.3 Å². The summed E-state index contributed by atoms with van der Waals surface area (Å²) >= 11 is 0. The number of anilines is 1. The molecule has 34 heavy (non-hydrogen) atoms. The zero-order valence-electron chi connectivity index (χ0n) is 19.3. The topological polar surface area (TPSA) is 77.1 Å². The van der Waals surface area contributed by atoms with Gasteiger partial charge in [0.05, 0.1) is 20.1 Å². The Morgan fingerprint density at radius 2 is 1.82 bits per heavy atom. The Balaban J connectivity index is 1.40. The minimum atomic E-state index is -0.603. The molecule has 1 aliphatic heterocycles. The molecule has 176 valence electrons. The Morgan fingerprint density at radius 1 is 1.06 bits per heavy atom. The van der Waals surface area contributed by atoms with Gasteiger partial charge in [0, 0.05) is 17.8 Å². The molecule has 3 aromatic rings. The third-order valence-electron chi connectivity index (χ3n) is 5.57. The Hall–Kier alpha value is -4.00. The highest BCUT2D eigenvalue weighted by Crippen LogP contribution is 2.29. The molecule has 4 rings (SSSR count). The fraction of sp³-hybridized carbons (Fsp3) is 0.259. The number of carbonyl (C=O) groups excluding carboxylic acids is 2. The molecule has 3 aromatic carbocycles. The molecular formula is C27H28N2O5. The number of fused-ring (bicyclic) bond motifs is 1. The number of hydrogen-bond donors (Lipinski definition) is 1. The molecule has 0 spiro atoms. The number of nitrogens with zero attached hydrogens (tertiary/aromatic N) is 1. The monoisotopic (exact) mass is 460 g/mol. The molecule has 0 aliphatic carbocycles. The molecule has 0 fully saturated rings. The normalized spacial score (nSPS) is 15.1. The molecule has 1 aliphatic rings. The van der Waals surface area contributed by atoms with Crippen LogP contribution in [-0.4, -0.2) is 43.1 Å². The summed E-state index contributed by atoms with van der Waals surface area (Å²) in [5, 5.41) is 2.94. The molecular weight excluding hydrogens is 432 g/mol. The Labute approximate surface area is 199 Å². The van der Waals surface area contributed by atoms with Gasteiger partial charge in [-0.3, -0.25) is 9.59 Å². The largest absolute Gasteiger partial charge is 0.497 e. The quantitative estimate of drug-likeness (QED) is 0.549. The fourth-order valence-electron chi connectivity index (χ4n) is 3.79. The molecule has 0 saturated carbocycles. The van der Waals surface area contributed by atoms with Crippen molar-refractivity contribution in [2.45, 2.75) is 26.0 Å². The Morgan fingerprint density at radius 3 is 2.56 bits per heavy atom. The van der Waals surface area contributed by atoms with E-state index in [-0.39, 0.29) is 18.2 Å². The van der Waals surface area contributed by atoms with Crippen LogP contribution in [0.25, 0.3) is 0 Å². The van der Waals surface area contributed by atoms with Crippen LogP contribution in [0.15, 0.2) is 72.8 Å². The maximum Gasteiger partial charge on any atom is 0.263 e. The third-order valence-corrected chi connectivity index (χ3v) is 5.57. The first-order chi connectivity index (χ1) is 16.5. The zero-order valence-corrected chi connectivity index (χ0v) is 19.3. The first-order valence-electron chi connectivity index (χ1n) is 11.2. The van der Waals surface area contributed by atoms with Crippen molar-refractivity contribution in [3.63, 3.8) is 0 Å². The van der Waals surface area contributed by atoms with Gasteiger partial charge < -0.3 is 24.4 Å². The minimum absolute atomic E-state index is 0.0991. The molecule has 2 amide bonds. The summed E-state index contributed by atoms with van der Waals surface area (Å²) in [6.45, 7) is 2.91. The first kappa shape index (κ1) is 23.2. The number of hydrogen-bond acceptors (Lipinski definition) is 5. The van der Waals surface area contributed by atoms with E-state index in [1.54, 1.807) is 31.1 Å². The van der Waals surface area contributed by atoms with Gasteiger partial charge in [-0.2, -0.15) is 0 Å². The van der Waals surface area contributed by atoms with Gasteiger partial charge in [-0.15, -0.1) is 0 Å². The number of carbonyl (C=O) groups is 2. The SMILES string of the molecule is COc1ccc(CC(=O)Nc2ccc3c(c2)CN(CCOc2ccccc2)C(=O)C(C)O3)cc1. The van der Waals surface area contributed by atoms with E-state index >= 15 is 0 Å². The van der Waals surface area contributed by atoms with E-state index < -0.39 is 6.10 Å². The average Bonchev–Trinajstić information content (AvgIpc) is 2.96. The van der Waals surface area contributed by atoms with Gasteiger partial charge in [0.2, 0.25) is 5.91 Å². The van der Waals surface area contributed by atoms with Crippen LogP contribution in [-0.2, 0) is 22.6 Å². The van der Waals surface area contributed by atoms with Gasteiger partial charge >= 0.3 is 0 Å². The molecule has 0 bridgehead atoms. The summed E-state index contributed by atoms with van der Waals surface area (Å²) in [6, 6.07) is 22.3. The molecule has 0 aromatic heterocycles. The summed E-state index contributed by atoms with van der Waals surface area (Å²) in [6.07, 6.45) is -0.357. The molecule has 1 unspecified atom stereocenters. The lowest BCUT2D eigenvalue weighted by molar-refractivity contribution is -0.138. The summed E-state index contributed by atoms with van der Waals surface area (Å²) in [5.41, 5.74) is 2.38. The van der Waals surface area contributed by atoms with E-state index in [1.807, 2.05) is 60.7 Å². The van der Waals surface area contributed by atoms with E-state index in [4.69, 9.17) is 14.2 Å². The van der Waals surface area contributed by atoms with Crippen molar-refractivity contribution in [2.75, 3.05) is 25.6 Å². The highest BCUT2D eigenvalue weighted by Gasteiger charge is 2.28. The molecule has 7 nitrogen and oxygen atoms in total. The van der Waals surface area contributed by atoms with E-state index in [9.17, 15) is 9.59 Å². The second-order valence-electron chi connectivity index (χ2n) is 8.08. The standard InChI is InChI=1S/C27H28N2O5/c1-19-27(31)29(14-15-33-24-6-4-3-5-7-24)18-21-17-22(10-13-25(21)34-19)28-26(30)16-20-8-11-23(32-2)12-9-20/h3-13,17,19H,14-16,18H2,1-2H3,(H,28,30). The van der Waals surface area contributed by atoms with Crippen LogP contribution in [0.5, 0.6) is 17.2 Å². The number of rotatable bonds is 8. The van der Waals surface area contributed by atoms with Crippen molar-refractivity contribution in [1.29, 1.82) is 0 Å². The van der Waals surface area contributed by atoms with Gasteiger partial charge in [0.15, 0.2) is 6.10 Å². The lowest BCUT2D eigenvalue weighted by Crippen LogP contribution is -2.40. The van der Waals surface area contributed by atoms with Crippen LogP contribution in [0.3, 0.4) is 0 Å². The lowest BCUT2D eigenvalue weighted by atomic mass is 10.1. The van der Waals surface area contributed by atoms with Crippen molar-refractivity contribution >= 4 is 17.5 Å². The third kappa shape index (κ3) is 5.86. The molecule has 1 atom stereocenters. The second kappa shape index (κ2) is 10.7. The number of amides is 2. The smallest absolute Gasteiger partial charge is 0.263 e. The van der Waals surface area contributed by atoms with Crippen LogP contribution in [0, 0.1) is 0 Å². The lowest BCUT2D eigenvalue weighted by Gasteiger charge is -2.22. The molecule has 7 heteroatoms. The molecule has 0 radical (unpaired) electrons. The van der Waals surface area contributed by atoms with E-state index in [2.05, 4.69) is 5.32 Å². The summed E-state index contributed by atoms with van der Waals surface area (Å²) in [5.74, 6) is 1.92. The molecule has 0 saturated heterocycles. The van der Waals surface area contributed by atoms with Crippen molar-refractivity contribution in [3.05, 3.63) is 83.9 Å². The van der Waals surface area contributed by atoms with E-state index in [0.29, 0.717) is 31.1 Å². The predicted molar refractivity (Wildman–Crippen MR) is 129 cm³/mol. The van der Waals surface area contributed by atoms with Gasteiger partial charge in [0.25, 0.3) is 5.91 Å². The minimum Gasteiger partial charge on any atom is -0.497 e. The summed E-state index contributed by atoms with van der Waals surface area (Å²) in [7, 11) is 1.61. The molecule has 1 N–H and O–H groups in total. The summed E-state index contributed by atoms with van der Waals surface area (Å²) in [4.78, 5) is 27.1. The Bertz CT molecular complexity index is 1130. The van der Waals surface area contributed by atoms with Crippen LogP contribution in [0.2, 0.25) is 0 Å². The van der Waals surface area contributed by atoms with E-state index in [1.165, 1.54) is 0 Å². The fourth-order valence-corrected chi connectivity index (χ4v) is 3.79. The number of benzene rings is 3. The van der Waals surface area contributed by atoms with Crippen LogP contribution in [0.4, 0.5) is 5.69 Å². The van der Waals surface area contributed by atoms with Crippen LogP contribution in [0.1, 0.15) is 18.1 Å². The van der Waals surface area contributed by atoms with Crippen molar-refractivity contribution in [2.24, 2.45) is 0 Å². The van der Waals surface area contributed by atoms with Gasteiger partial charge in [-0.25, -0.2) is 0 Å². The number of ether oxygens (including phenoxy) is 3. The highest BCUT2D eigenvalue weighted by molar-refractivity contribution is 5.92. The second-order valence-corrected chi connectivity index (χ2v) is 8.08. The maximum absolute atomic E-state index is 12.8.